The van der Waals surface area contributed by atoms with Crippen molar-refractivity contribution >= 4 is 11.6 Å². The van der Waals surface area contributed by atoms with Crippen LogP contribution < -0.4 is 4.74 Å². The maximum Gasteiger partial charge on any atom is 0.119 e. The summed E-state index contributed by atoms with van der Waals surface area (Å²) in [5.74, 6) is 1.42. The summed E-state index contributed by atoms with van der Waals surface area (Å²) in [6.07, 6.45) is 2.35. The molecule has 0 amide bonds. The fourth-order valence-electron chi connectivity index (χ4n) is 1.68. The monoisotopic (exact) mass is 226 g/mol. The van der Waals surface area contributed by atoms with E-state index in [4.69, 9.17) is 21.1 Å². The molecule has 1 heterocycles. The molecule has 2 nitrogen and oxygen atoms in total. The van der Waals surface area contributed by atoms with E-state index >= 15 is 0 Å². The van der Waals surface area contributed by atoms with Gasteiger partial charge in [0.15, 0.2) is 0 Å². The van der Waals surface area contributed by atoms with Crippen molar-refractivity contribution in [3.05, 3.63) is 29.3 Å². The molecule has 0 aromatic heterocycles. The Balaban J connectivity index is 1.79. The highest BCUT2D eigenvalue weighted by atomic mass is 35.5. The van der Waals surface area contributed by atoms with Gasteiger partial charge in [-0.05, 0) is 37.1 Å². The zero-order chi connectivity index (χ0) is 10.5. The summed E-state index contributed by atoms with van der Waals surface area (Å²) in [5.41, 5.74) is 0. The van der Waals surface area contributed by atoms with Crippen LogP contribution in [0.3, 0.4) is 0 Å². The molecule has 1 saturated heterocycles. The van der Waals surface area contributed by atoms with E-state index in [9.17, 15) is 0 Å². The van der Waals surface area contributed by atoms with Gasteiger partial charge in [-0.3, -0.25) is 0 Å². The van der Waals surface area contributed by atoms with Gasteiger partial charge in [-0.2, -0.15) is 0 Å². The SMILES string of the molecule is Clc1ccc(OCC2CCCOC2)cc1. The van der Waals surface area contributed by atoms with Crippen LogP contribution in [0.25, 0.3) is 0 Å². The highest BCUT2D eigenvalue weighted by molar-refractivity contribution is 6.30. The lowest BCUT2D eigenvalue weighted by Gasteiger charge is -2.22. The highest BCUT2D eigenvalue weighted by Gasteiger charge is 2.14. The van der Waals surface area contributed by atoms with Crippen molar-refractivity contribution in [3.63, 3.8) is 0 Å². The van der Waals surface area contributed by atoms with Crippen molar-refractivity contribution < 1.29 is 9.47 Å². The number of ether oxygens (including phenoxy) is 2. The van der Waals surface area contributed by atoms with Gasteiger partial charge in [0.1, 0.15) is 5.75 Å². The average Bonchev–Trinajstić information content (AvgIpc) is 2.30. The Bertz CT molecular complexity index is 291. The Morgan fingerprint density at radius 1 is 1.33 bits per heavy atom. The summed E-state index contributed by atoms with van der Waals surface area (Å²) >= 11 is 5.78. The molecule has 1 aliphatic rings. The van der Waals surface area contributed by atoms with Crippen LogP contribution >= 0.6 is 11.6 Å². The quantitative estimate of drug-likeness (QED) is 0.789. The van der Waals surface area contributed by atoms with Crippen LogP contribution in [0.5, 0.6) is 5.75 Å². The van der Waals surface area contributed by atoms with Gasteiger partial charge in [0, 0.05) is 17.5 Å². The first-order chi connectivity index (χ1) is 7.34. The minimum absolute atomic E-state index is 0.537. The molecule has 1 aliphatic heterocycles. The van der Waals surface area contributed by atoms with E-state index in [-0.39, 0.29) is 0 Å². The molecule has 15 heavy (non-hydrogen) atoms. The first-order valence-corrected chi connectivity index (χ1v) is 5.68. The lowest BCUT2D eigenvalue weighted by atomic mass is 10.0. The Morgan fingerprint density at radius 3 is 2.80 bits per heavy atom. The van der Waals surface area contributed by atoms with Crippen LogP contribution in [-0.2, 0) is 4.74 Å². The minimum Gasteiger partial charge on any atom is -0.493 e. The number of hydrogen-bond donors (Lipinski definition) is 0. The van der Waals surface area contributed by atoms with Crippen LogP contribution in [0.15, 0.2) is 24.3 Å². The lowest BCUT2D eigenvalue weighted by molar-refractivity contribution is 0.0352. The maximum absolute atomic E-state index is 5.78. The molecule has 0 spiro atoms. The van der Waals surface area contributed by atoms with Crippen LogP contribution in [0.2, 0.25) is 5.02 Å². The molecule has 0 bridgehead atoms. The Hall–Kier alpha value is -0.730. The summed E-state index contributed by atoms with van der Waals surface area (Å²) in [7, 11) is 0. The van der Waals surface area contributed by atoms with E-state index in [0.717, 1.165) is 37.0 Å². The molecular weight excluding hydrogens is 212 g/mol. The maximum atomic E-state index is 5.78. The van der Waals surface area contributed by atoms with Crippen molar-refractivity contribution in [1.29, 1.82) is 0 Å². The van der Waals surface area contributed by atoms with Gasteiger partial charge in [-0.15, -0.1) is 0 Å². The molecule has 1 unspecified atom stereocenters. The molecule has 1 fully saturated rings. The molecule has 3 heteroatoms. The highest BCUT2D eigenvalue weighted by Crippen LogP contribution is 2.18. The minimum atomic E-state index is 0.537. The molecule has 0 saturated carbocycles. The van der Waals surface area contributed by atoms with Crippen molar-refractivity contribution in [3.8, 4) is 5.75 Å². The van der Waals surface area contributed by atoms with E-state index in [1.54, 1.807) is 0 Å². The lowest BCUT2D eigenvalue weighted by Crippen LogP contribution is -2.23. The van der Waals surface area contributed by atoms with Crippen LogP contribution in [0.1, 0.15) is 12.8 Å². The Morgan fingerprint density at radius 2 is 2.13 bits per heavy atom. The van der Waals surface area contributed by atoms with Crippen molar-refractivity contribution in [2.45, 2.75) is 12.8 Å². The van der Waals surface area contributed by atoms with Gasteiger partial charge in [0.25, 0.3) is 0 Å². The molecular formula is C12H15ClO2. The topological polar surface area (TPSA) is 18.5 Å². The van der Waals surface area contributed by atoms with Gasteiger partial charge in [-0.1, -0.05) is 11.6 Å². The van der Waals surface area contributed by atoms with Gasteiger partial charge >= 0.3 is 0 Å². The van der Waals surface area contributed by atoms with Crippen molar-refractivity contribution in [2.75, 3.05) is 19.8 Å². The van der Waals surface area contributed by atoms with E-state index in [1.807, 2.05) is 24.3 Å². The van der Waals surface area contributed by atoms with E-state index in [1.165, 1.54) is 6.42 Å². The van der Waals surface area contributed by atoms with E-state index in [0.29, 0.717) is 5.92 Å². The van der Waals surface area contributed by atoms with Crippen LogP contribution in [0.4, 0.5) is 0 Å². The fraction of sp³-hybridized carbons (Fsp3) is 0.500. The average molecular weight is 227 g/mol. The largest absolute Gasteiger partial charge is 0.493 e. The predicted molar refractivity (Wildman–Crippen MR) is 60.5 cm³/mol. The Kier molecular flexibility index (Phi) is 3.87. The first kappa shape index (κ1) is 10.8. The third-order valence-corrected chi connectivity index (χ3v) is 2.81. The predicted octanol–water partition coefficient (Wildman–Crippen LogP) is 3.15. The Labute approximate surface area is 95.1 Å². The van der Waals surface area contributed by atoms with Gasteiger partial charge in [0.05, 0.1) is 13.2 Å². The second-order valence-corrected chi connectivity index (χ2v) is 4.28. The van der Waals surface area contributed by atoms with Crippen LogP contribution in [-0.4, -0.2) is 19.8 Å². The van der Waals surface area contributed by atoms with Crippen molar-refractivity contribution in [2.24, 2.45) is 5.92 Å². The van der Waals surface area contributed by atoms with Crippen LogP contribution in [0, 0.1) is 5.92 Å². The fourth-order valence-corrected chi connectivity index (χ4v) is 1.81. The molecule has 1 atom stereocenters. The standard InChI is InChI=1S/C12H15ClO2/c13-11-3-5-12(6-4-11)15-9-10-2-1-7-14-8-10/h3-6,10H,1-2,7-9H2. The summed E-state index contributed by atoms with van der Waals surface area (Å²) in [5, 5.41) is 0.739. The molecule has 1 aromatic rings. The summed E-state index contributed by atoms with van der Waals surface area (Å²) in [6.45, 7) is 2.46. The van der Waals surface area contributed by atoms with Gasteiger partial charge in [-0.25, -0.2) is 0 Å². The third kappa shape index (κ3) is 3.40. The molecule has 0 aliphatic carbocycles. The zero-order valence-corrected chi connectivity index (χ0v) is 9.37. The van der Waals surface area contributed by atoms with Gasteiger partial charge < -0.3 is 9.47 Å². The van der Waals surface area contributed by atoms with Gasteiger partial charge in [0.2, 0.25) is 0 Å². The van der Waals surface area contributed by atoms with E-state index in [2.05, 4.69) is 0 Å². The summed E-state index contributed by atoms with van der Waals surface area (Å²) < 4.78 is 11.1. The zero-order valence-electron chi connectivity index (χ0n) is 8.62. The second-order valence-electron chi connectivity index (χ2n) is 3.85. The summed E-state index contributed by atoms with van der Waals surface area (Å²) in [6, 6.07) is 7.47. The summed E-state index contributed by atoms with van der Waals surface area (Å²) in [4.78, 5) is 0. The van der Waals surface area contributed by atoms with E-state index < -0.39 is 0 Å². The second kappa shape index (κ2) is 5.38. The third-order valence-electron chi connectivity index (χ3n) is 2.55. The number of benzene rings is 1. The molecule has 82 valence electrons. The normalized spacial score (nSPS) is 21.3. The first-order valence-electron chi connectivity index (χ1n) is 5.31. The molecule has 2 rings (SSSR count). The molecule has 1 aromatic carbocycles. The molecule has 0 radical (unpaired) electrons. The molecule has 0 N–H and O–H groups in total. The number of hydrogen-bond acceptors (Lipinski definition) is 2. The van der Waals surface area contributed by atoms with Crippen molar-refractivity contribution in [1.82, 2.24) is 0 Å². The number of rotatable bonds is 3. The smallest absolute Gasteiger partial charge is 0.119 e. The number of halogens is 1.